The van der Waals surface area contributed by atoms with E-state index in [0.29, 0.717) is 45.4 Å². The van der Waals surface area contributed by atoms with Crippen LogP contribution in [0.4, 0.5) is 0 Å². The summed E-state index contributed by atoms with van der Waals surface area (Å²) >= 11 is 0. The van der Waals surface area contributed by atoms with E-state index in [1.807, 2.05) is 27.7 Å². The maximum Gasteiger partial charge on any atom is 0.472 e. The van der Waals surface area contributed by atoms with E-state index in [4.69, 9.17) is 18.5 Å². The van der Waals surface area contributed by atoms with Crippen LogP contribution in [-0.4, -0.2) is 110 Å². The Bertz CT molecular complexity index is 907. The number of likely N-dealkylation sites (tertiary alicyclic amines) is 2. The van der Waals surface area contributed by atoms with E-state index in [-0.39, 0.29) is 67.1 Å². The van der Waals surface area contributed by atoms with Gasteiger partial charge in [-0.15, -0.1) is 0 Å². The van der Waals surface area contributed by atoms with Crippen molar-refractivity contribution < 1.29 is 42.4 Å². The van der Waals surface area contributed by atoms with Gasteiger partial charge in [0.2, 0.25) is 11.8 Å². The molecule has 0 aromatic carbocycles. The Morgan fingerprint density at radius 2 is 1.66 bits per heavy atom. The molecule has 2 heterocycles. The van der Waals surface area contributed by atoms with Gasteiger partial charge in [0, 0.05) is 46.1 Å². The van der Waals surface area contributed by atoms with Crippen LogP contribution in [0, 0.1) is 17.8 Å². The van der Waals surface area contributed by atoms with Gasteiger partial charge in [-0.2, -0.15) is 0 Å². The van der Waals surface area contributed by atoms with Gasteiger partial charge in [-0.05, 0) is 51.1 Å². The maximum absolute atomic E-state index is 13.3. The molecule has 5 unspecified atom stereocenters. The third-order valence-electron chi connectivity index (χ3n) is 8.21. The van der Waals surface area contributed by atoms with Gasteiger partial charge in [0.15, 0.2) is 0 Å². The summed E-state index contributed by atoms with van der Waals surface area (Å²) in [4.78, 5) is 51.6. The zero-order valence-corrected chi connectivity index (χ0v) is 26.8. The molecule has 0 aliphatic carbocycles. The molecule has 0 aromatic rings. The summed E-state index contributed by atoms with van der Waals surface area (Å²) in [6.07, 6.45) is 1.19. The molecule has 2 amide bonds. The van der Waals surface area contributed by atoms with Crippen molar-refractivity contribution >= 4 is 25.4 Å². The largest absolute Gasteiger partial charge is 0.472 e. The Balaban J connectivity index is 1.97. The fourth-order valence-corrected chi connectivity index (χ4v) is 6.59. The van der Waals surface area contributed by atoms with E-state index in [2.05, 4.69) is 5.32 Å². The second-order valence-corrected chi connectivity index (χ2v) is 13.2. The number of Topliss-reactive ketones (excluding diaryl/α,β-unsaturated/α-hetero) is 1. The number of rotatable bonds is 18. The first-order chi connectivity index (χ1) is 19.3. The third kappa shape index (κ3) is 11.3. The molecule has 2 N–H and O–H groups in total. The number of nitrogens with zero attached hydrogens (tertiary/aromatic N) is 2. The summed E-state index contributed by atoms with van der Waals surface area (Å²) in [6.45, 7) is 11.6. The predicted molar refractivity (Wildman–Crippen MR) is 154 cm³/mol. The molecule has 8 atom stereocenters. The average molecular weight is 606 g/mol. The van der Waals surface area contributed by atoms with Crippen molar-refractivity contribution in [1.82, 2.24) is 15.1 Å². The molecule has 2 saturated heterocycles. The lowest BCUT2D eigenvalue weighted by Gasteiger charge is -2.29. The van der Waals surface area contributed by atoms with Gasteiger partial charge in [0.1, 0.15) is 5.78 Å². The summed E-state index contributed by atoms with van der Waals surface area (Å²) in [5.41, 5.74) is 0. The van der Waals surface area contributed by atoms with Crippen LogP contribution < -0.4 is 5.32 Å². The van der Waals surface area contributed by atoms with Crippen LogP contribution >= 0.6 is 7.82 Å². The van der Waals surface area contributed by atoms with Crippen LogP contribution in [0.5, 0.6) is 0 Å². The minimum Gasteiger partial charge on any atom is -0.383 e. The van der Waals surface area contributed by atoms with Crippen molar-refractivity contribution in [3.8, 4) is 0 Å². The Labute approximate surface area is 245 Å². The van der Waals surface area contributed by atoms with E-state index in [1.165, 1.54) is 6.92 Å². The molecular formula is C28H52N3O9P. The number of phosphoric acid groups is 1. The smallest absolute Gasteiger partial charge is 0.383 e. The summed E-state index contributed by atoms with van der Waals surface area (Å²) in [6, 6.07) is -0.719. The second-order valence-electron chi connectivity index (χ2n) is 11.7. The van der Waals surface area contributed by atoms with Crippen LogP contribution in [0.2, 0.25) is 0 Å². The van der Waals surface area contributed by atoms with Crippen LogP contribution in [-0.2, 0) is 37.5 Å². The van der Waals surface area contributed by atoms with E-state index < -0.39 is 20.0 Å². The zero-order valence-electron chi connectivity index (χ0n) is 25.9. The first-order valence-corrected chi connectivity index (χ1v) is 16.3. The molecule has 2 aliphatic heterocycles. The number of methoxy groups -OCH3 is 2. The molecule has 12 nitrogen and oxygen atoms in total. The van der Waals surface area contributed by atoms with Gasteiger partial charge < -0.3 is 34.3 Å². The van der Waals surface area contributed by atoms with Crippen LogP contribution in [0.15, 0.2) is 0 Å². The Morgan fingerprint density at radius 3 is 2.27 bits per heavy atom. The molecule has 2 fully saturated rings. The fraction of sp³-hybridized carbons (Fsp3) is 0.893. The van der Waals surface area contributed by atoms with Gasteiger partial charge in [0.05, 0.1) is 37.5 Å². The van der Waals surface area contributed by atoms with Crippen LogP contribution in [0.1, 0.15) is 66.7 Å². The van der Waals surface area contributed by atoms with E-state index in [1.54, 1.807) is 24.0 Å². The number of carbonyl (C=O) groups excluding carboxylic acids is 3. The van der Waals surface area contributed by atoms with Gasteiger partial charge in [0.25, 0.3) is 0 Å². The first-order valence-electron chi connectivity index (χ1n) is 14.8. The van der Waals surface area contributed by atoms with Crippen LogP contribution in [0.3, 0.4) is 0 Å². The highest BCUT2D eigenvalue weighted by Gasteiger charge is 2.42. The third-order valence-corrected chi connectivity index (χ3v) is 9.25. The van der Waals surface area contributed by atoms with Crippen molar-refractivity contribution in [2.45, 2.75) is 91.0 Å². The number of phosphoric ester groups is 1. The summed E-state index contributed by atoms with van der Waals surface area (Å²) in [5.74, 6) is -0.0884. The molecule has 0 spiro atoms. The van der Waals surface area contributed by atoms with Crippen molar-refractivity contribution in [3.05, 3.63) is 0 Å². The van der Waals surface area contributed by atoms with E-state index >= 15 is 0 Å². The SMILES string of the molecule is CCNCC(C)C(C)C(=O)N1CC(OP(=O)(O)OC[C@@H]2C[C@@H](OC)CN2C(=O)CCC(C)CC(C)=O)C[C@H]1COC. The van der Waals surface area contributed by atoms with Crippen molar-refractivity contribution in [3.63, 3.8) is 0 Å². The number of hydrogen-bond acceptors (Lipinski definition) is 9. The van der Waals surface area contributed by atoms with Gasteiger partial charge in [-0.3, -0.25) is 18.6 Å². The predicted octanol–water partition coefficient (Wildman–Crippen LogP) is 2.63. The summed E-state index contributed by atoms with van der Waals surface area (Å²) in [5, 5.41) is 3.27. The summed E-state index contributed by atoms with van der Waals surface area (Å²) in [7, 11) is -1.37. The quantitative estimate of drug-likeness (QED) is 0.224. The maximum atomic E-state index is 13.3. The molecule has 13 heteroatoms. The Morgan fingerprint density at radius 1 is 1.02 bits per heavy atom. The van der Waals surface area contributed by atoms with Crippen molar-refractivity contribution in [1.29, 1.82) is 0 Å². The lowest BCUT2D eigenvalue weighted by atomic mass is 9.94. The van der Waals surface area contributed by atoms with E-state index in [9.17, 15) is 23.8 Å². The normalized spacial score (nSPS) is 26.5. The second kappa shape index (κ2) is 17.0. The zero-order chi connectivity index (χ0) is 30.7. The topological polar surface area (TPSA) is 144 Å². The fourth-order valence-electron chi connectivity index (χ4n) is 5.64. The van der Waals surface area contributed by atoms with Crippen molar-refractivity contribution in [2.24, 2.45) is 17.8 Å². The number of hydrogen-bond donors (Lipinski definition) is 2. The van der Waals surface area contributed by atoms with E-state index in [0.717, 1.165) is 6.54 Å². The molecule has 2 rings (SSSR count). The standard InChI is InChI=1S/C28H52N3O9P/c1-8-29-14-20(3)22(5)28(34)31-16-26(13-23(31)17-37-6)40-41(35,36)39-18-24-12-25(38-7)15-30(24)27(33)10-9-19(2)11-21(4)32/h19-20,22-26,29H,8-18H2,1-7H3,(H,35,36)/t19?,20?,22?,23-,24-,25+,26?/m0/s1. The minimum atomic E-state index is -4.49. The molecule has 0 aromatic heterocycles. The number of ketones is 1. The molecule has 2 aliphatic rings. The number of carbonyl (C=O) groups is 3. The highest BCUT2D eigenvalue weighted by molar-refractivity contribution is 7.47. The Kier molecular flexibility index (Phi) is 14.9. The number of amides is 2. The molecule has 0 radical (unpaired) electrons. The lowest BCUT2D eigenvalue weighted by Crippen LogP contribution is -2.44. The molecular weight excluding hydrogens is 553 g/mol. The Hall–Kier alpha value is -1.40. The van der Waals surface area contributed by atoms with Crippen molar-refractivity contribution in [2.75, 3.05) is 53.6 Å². The molecule has 0 saturated carbocycles. The number of nitrogens with one attached hydrogen (secondary N) is 1. The first kappa shape index (κ1) is 35.8. The van der Waals surface area contributed by atoms with Crippen LogP contribution in [0.25, 0.3) is 0 Å². The van der Waals surface area contributed by atoms with Gasteiger partial charge in [-0.1, -0.05) is 27.7 Å². The highest BCUT2D eigenvalue weighted by Crippen LogP contribution is 2.47. The molecule has 0 bridgehead atoms. The summed E-state index contributed by atoms with van der Waals surface area (Å²) < 4.78 is 34.7. The number of ether oxygens (including phenoxy) is 2. The molecule has 238 valence electrons. The minimum absolute atomic E-state index is 0.0411. The highest BCUT2D eigenvalue weighted by atomic mass is 31.2. The van der Waals surface area contributed by atoms with Gasteiger partial charge >= 0.3 is 7.82 Å². The van der Waals surface area contributed by atoms with Gasteiger partial charge in [-0.25, -0.2) is 4.57 Å². The average Bonchev–Trinajstić information content (AvgIpc) is 3.51. The molecule has 41 heavy (non-hydrogen) atoms. The monoisotopic (exact) mass is 605 g/mol. The lowest BCUT2D eigenvalue weighted by molar-refractivity contribution is -0.138.